The van der Waals surface area contributed by atoms with Crippen molar-refractivity contribution < 1.29 is 4.79 Å². The Morgan fingerprint density at radius 3 is 2.51 bits per heavy atom. The van der Waals surface area contributed by atoms with E-state index in [2.05, 4.69) is 53.9 Å². The van der Waals surface area contributed by atoms with E-state index in [0.717, 1.165) is 66.0 Å². The van der Waals surface area contributed by atoms with Gasteiger partial charge in [0.15, 0.2) is 5.82 Å². The first-order valence-electron chi connectivity index (χ1n) is 14.2. The number of benzene rings is 2. The number of piperazine rings is 1. The maximum atomic E-state index is 13.4. The summed E-state index contributed by atoms with van der Waals surface area (Å²) in [5, 5.41) is 14.7. The summed E-state index contributed by atoms with van der Waals surface area (Å²) in [6.45, 7) is 9.97. The molecule has 6 rings (SSSR count). The predicted molar refractivity (Wildman–Crippen MR) is 164 cm³/mol. The van der Waals surface area contributed by atoms with Gasteiger partial charge >= 0.3 is 0 Å². The first-order valence-corrected chi connectivity index (χ1v) is 14.2. The number of carbonyl (C=O) groups excluding carboxylic acids is 1. The van der Waals surface area contributed by atoms with Gasteiger partial charge in [0.25, 0.3) is 5.91 Å². The number of amides is 1. The summed E-state index contributed by atoms with van der Waals surface area (Å²) < 4.78 is 1.78. The monoisotopic (exact) mass is 551 g/mol. The molecular weight excluding hydrogens is 514 g/mol. The quantitative estimate of drug-likeness (QED) is 0.284. The van der Waals surface area contributed by atoms with Crippen molar-refractivity contribution in [1.82, 2.24) is 24.6 Å². The van der Waals surface area contributed by atoms with Crippen molar-refractivity contribution in [2.45, 2.75) is 39.7 Å². The van der Waals surface area contributed by atoms with Gasteiger partial charge in [0.05, 0.1) is 5.69 Å². The number of aryl methyl sites for hydroxylation is 3. The molecule has 1 saturated heterocycles. The van der Waals surface area contributed by atoms with Crippen molar-refractivity contribution in [3.8, 4) is 5.82 Å². The minimum absolute atomic E-state index is 0.128. The molecule has 3 heterocycles. The molecule has 4 aromatic rings. The molecule has 0 bridgehead atoms. The Hall–Kier alpha value is -4.44. The molecule has 1 saturated carbocycles. The van der Waals surface area contributed by atoms with E-state index < -0.39 is 0 Å². The molecular formula is C31H37N9O. The molecule has 2 aromatic heterocycles. The number of hydrogen-bond donors (Lipinski definition) is 3. The third kappa shape index (κ3) is 6.33. The zero-order chi connectivity index (χ0) is 28.5. The minimum atomic E-state index is -0.128. The Labute approximate surface area is 240 Å². The Bertz CT molecular complexity index is 1570. The highest BCUT2D eigenvalue weighted by Crippen LogP contribution is 2.28. The molecule has 1 amide bonds. The van der Waals surface area contributed by atoms with Gasteiger partial charge in [-0.15, -0.1) is 0 Å². The fourth-order valence-corrected chi connectivity index (χ4v) is 5.06. The lowest BCUT2D eigenvalue weighted by Gasteiger charge is -2.34. The van der Waals surface area contributed by atoms with Crippen LogP contribution >= 0.6 is 0 Å². The van der Waals surface area contributed by atoms with Crippen LogP contribution in [0.5, 0.6) is 0 Å². The molecule has 0 atom stereocenters. The number of carbonyl (C=O) groups is 1. The molecule has 0 spiro atoms. The molecule has 2 fully saturated rings. The van der Waals surface area contributed by atoms with E-state index >= 15 is 0 Å². The minimum Gasteiger partial charge on any atom is -0.369 e. The van der Waals surface area contributed by atoms with Gasteiger partial charge in [-0.05, 0) is 82.1 Å². The fourth-order valence-electron chi connectivity index (χ4n) is 5.06. The van der Waals surface area contributed by atoms with Crippen molar-refractivity contribution >= 4 is 34.6 Å². The molecule has 41 heavy (non-hydrogen) atoms. The van der Waals surface area contributed by atoms with Crippen LogP contribution in [0.3, 0.4) is 0 Å². The van der Waals surface area contributed by atoms with Gasteiger partial charge in [0, 0.05) is 67.0 Å². The van der Waals surface area contributed by atoms with Crippen LogP contribution in [0.1, 0.15) is 40.0 Å². The number of hydrogen-bond acceptors (Lipinski definition) is 8. The van der Waals surface area contributed by atoms with Crippen molar-refractivity contribution in [2.24, 2.45) is 0 Å². The normalized spacial score (nSPS) is 15.6. The van der Waals surface area contributed by atoms with Crippen LogP contribution in [-0.4, -0.2) is 69.8 Å². The maximum Gasteiger partial charge on any atom is 0.255 e. The average molecular weight is 552 g/mol. The highest BCUT2D eigenvalue weighted by molar-refractivity contribution is 6.05. The SMILES string of the molecule is Cc1cc(C(=O)Nc2ccc(C)c(Nc3cc(C)nn3-c3cc(NC4CC4)ncn3)c2)cc(N2CCN(C)CC2)c1. The number of aromatic nitrogens is 4. The van der Waals surface area contributed by atoms with E-state index in [0.29, 0.717) is 23.1 Å². The van der Waals surface area contributed by atoms with E-state index in [1.807, 2.05) is 63.2 Å². The lowest BCUT2D eigenvalue weighted by atomic mass is 10.1. The van der Waals surface area contributed by atoms with Crippen LogP contribution in [0, 0.1) is 20.8 Å². The van der Waals surface area contributed by atoms with Crippen molar-refractivity contribution in [2.75, 3.05) is 54.1 Å². The second kappa shape index (κ2) is 11.2. The van der Waals surface area contributed by atoms with Gasteiger partial charge in [-0.3, -0.25) is 4.79 Å². The maximum absolute atomic E-state index is 13.4. The Morgan fingerprint density at radius 2 is 1.73 bits per heavy atom. The van der Waals surface area contributed by atoms with E-state index in [1.165, 1.54) is 12.8 Å². The Kier molecular flexibility index (Phi) is 7.32. The second-order valence-corrected chi connectivity index (χ2v) is 11.2. The van der Waals surface area contributed by atoms with Crippen LogP contribution in [0.25, 0.3) is 5.82 Å². The molecule has 212 valence electrons. The summed E-state index contributed by atoms with van der Waals surface area (Å²) in [7, 11) is 2.14. The molecule has 10 heteroatoms. The first-order chi connectivity index (χ1) is 19.8. The van der Waals surface area contributed by atoms with Gasteiger partial charge < -0.3 is 25.8 Å². The Morgan fingerprint density at radius 1 is 0.927 bits per heavy atom. The van der Waals surface area contributed by atoms with Crippen LogP contribution in [0.4, 0.5) is 28.7 Å². The molecule has 3 N–H and O–H groups in total. The standard InChI is InChI=1S/C31H37N9O/c1-20-13-23(16-26(14-20)39-11-9-38(4)10-12-39)31(41)35-25-6-5-21(2)27(17-25)36-30-15-22(3)37-40(30)29-18-28(32-19-33-29)34-24-7-8-24/h5-6,13-19,24,36H,7-12H2,1-4H3,(H,35,41)(H,32,33,34). The molecule has 0 unspecified atom stereocenters. The smallest absolute Gasteiger partial charge is 0.255 e. The Balaban J connectivity index is 1.20. The summed E-state index contributed by atoms with van der Waals surface area (Å²) in [5.74, 6) is 2.12. The highest BCUT2D eigenvalue weighted by Gasteiger charge is 2.22. The lowest BCUT2D eigenvalue weighted by Crippen LogP contribution is -2.44. The van der Waals surface area contributed by atoms with Crippen molar-refractivity contribution in [1.29, 1.82) is 0 Å². The first kappa shape index (κ1) is 26.8. The van der Waals surface area contributed by atoms with Crippen LogP contribution < -0.4 is 20.9 Å². The summed E-state index contributed by atoms with van der Waals surface area (Å²) in [6, 6.07) is 16.4. The summed E-state index contributed by atoms with van der Waals surface area (Å²) in [5.41, 5.74) is 6.31. The van der Waals surface area contributed by atoms with E-state index in [-0.39, 0.29) is 5.91 Å². The number of likely N-dealkylation sites (N-methyl/N-ethyl adjacent to an activating group) is 1. The largest absolute Gasteiger partial charge is 0.369 e. The molecule has 1 aliphatic heterocycles. The summed E-state index contributed by atoms with van der Waals surface area (Å²) in [4.78, 5) is 26.9. The molecule has 2 aliphatic rings. The van der Waals surface area contributed by atoms with Crippen LogP contribution in [-0.2, 0) is 0 Å². The fraction of sp³-hybridized carbons (Fsp3) is 0.355. The van der Waals surface area contributed by atoms with Crippen LogP contribution in [0.15, 0.2) is 54.9 Å². The second-order valence-electron chi connectivity index (χ2n) is 11.2. The van der Waals surface area contributed by atoms with E-state index in [1.54, 1.807) is 11.0 Å². The van der Waals surface area contributed by atoms with Crippen molar-refractivity contribution in [3.63, 3.8) is 0 Å². The van der Waals surface area contributed by atoms with Gasteiger partial charge in [-0.1, -0.05) is 6.07 Å². The summed E-state index contributed by atoms with van der Waals surface area (Å²) in [6.07, 6.45) is 3.89. The predicted octanol–water partition coefficient (Wildman–Crippen LogP) is 4.91. The zero-order valence-electron chi connectivity index (χ0n) is 24.1. The van der Waals surface area contributed by atoms with Gasteiger partial charge in [0.1, 0.15) is 18.0 Å². The lowest BCUT2D eigenvalue weighted by molar-refractivity contribution is 0.102. The van der Waals surface area contributed by atoms with E-state index in [9.17, 15) is 4.79 Å². The number of anilines is 5. The molecule has 0 radical (unpaired) electrons. The number of rotatable bonds is 8. The number of nitrogens with one attached hydrogen (secondary N) is 3. The van der Waals surface area contributed by atoms with Gasteiger partial charge in [0.2, 0.25) is 0 Å². The van der Waals surface area contributed by atoms with Crippen molar-refractivity contribution in [3.05, 3.63) is 77.2 Å². The third-order valence-electron chi connectivity index (χ3n) is 7.58. The zero-order valence-corrected chi connectivity index (χ0v) is 24.1. The number of nitrogens with zero attached hydrogens (tertiary/aromatic N) is 6. The van der Waals surface area contributed by atoms with Gasteiger partial charge in [-0.2, -0.15) is 9.78 Å². The average Bonchev–Trinajstić information content (AvgIpc) is 3.69. The third-order valence-corrected chi connectivity index (χ3v) is 7.58. The molecule has 2 aromatic carbocycles. The van der Waals surface area contributed by atoms with Crippen LogP contribution in [0.2, 0.25) is 0 Å². The molecule has 10 nitrogen and oxygen atoms in total. The topological polar surface area (TPSA) is 103 Å². The summed E-state index contributed by atoms with van der Waals surface area (Å²) >= 11 is 0. The van der Waals surface area contributed by atoms with E-state index in [4.69, 9.17) is 0 Å². The highest BCUT2D eigenvalue weighted by atomic mass is 16.1. The molecule has 1 aliphatic carbocycles. The van der Waals surface area contributed by atoms with Gasteiger partial charge in [-0.25, -0.2) is 9.97 Å².